The smallest absolute Gasteiger partial charge is 0.265 e. The SMILES string of the molecule is CC(Oc1ccccc1Cl)C(=O)Nc1ccc(NC(=S)NC(=O)CCCOc2ccc(Cl)cc2Cl)cc1. The second kappa shape index (κ2) is 14.0. The zero-order chi connectivity index (χ0) is 26.8. The van der Waals surface area contributed by atoms with Crippen molar-refractivity contribution in [2.45, 2.75) is 25.9 Å². The summed E-state index contributed by atoms with van der Waals surface area (Å²) in [7, 11) is 0. The molecule has 11 heteroatoms. The first-order valence-electron chi connectivity index (χ1n) is 11.2. The lowest BCUT2D eigenvalue weighted by Crippen LogP contribution is -2.34. The number of amides is 2. The van der Waals surface area contributed by atoms with E-state index < -0.39 is 6.10 Å². The number of carbonyl (C=O) groups excluding carboxylic acids is 2. The third kappa shape index (κ3) is 9.40. The Morgan fingerprint density at radius 3 is 2.24 bits per heavy atom. The zero-order valence-electron chi connectivity index (χ0n) is 19.7. The van der Waals surface area contributed by atoms with E-state index in [1.165, 1.54) is 0 Å². The Labute approximate surface area is 235 Å². The Morgan fingerprint density at radius 2 is 1.57 bits per heavy atom. The van der Waals surface area contributed by atoms with Gasteiger partial charge in [0.15, 0.2) is 11.2 Å². The van der Waals surface area contributed by atoms with Crippen molar-refractivity contribution in [3.63, 3.8) is 0 Å². The highest BCUT2D eigenvalue weighted by molar-refractivity contribution is 7.80. The number of ether oxygens (including phenoxy) is 2. The van der Waals surface area contributed by atoms with E-state index in [0.717, 1.165) is 0 Å². The van der Waals surface area contributed by atoms with Gasteiger partial charge in [-0.2, -0.15) is 0 Å². The van der Waals surface area contributed by atoms with E-state index >= 15 is 0 Å². The molecular weight excluding hydrogens is 557 g/mol. The number of hydrogen-bond acceptors (Lipinski definition) is 5. The number of halogens is 3. The number of carbonyl (C=O) groups is 2. The van der Waals surface area contributed by atoms with Gasteiger partial charge in [0.05, 0.1) is 16.7 Å². The molecule has 0 saturated heterocycles. The number of hydrogen-bond donors (Lipinski definition) is 3. The van der Waals surface area contributed by atoms with Gasteiger partial charge in [-0.25, -0.2) is 0 Å². The van der Waals surface area contributed by atoms with Crippen molar-refractivity contribution in [1.29, 1.82) is 0 Å². The van der Waals surface area contributed by atoms with Gasteiger partial charge < -0.3 is 25.4 Å². The highest BCUT2D eigenvalue weighted by atomic mass is 35.5. The van der Waals surface area contributed by atoms with Crippen LogP contribution in [0.25, 0.3) is 0 Å². The van der Waals surface area contributed by atoms with E-state index in [0.29, 0.717) is 51.0 Å². The number of thiocarbonyl (C=S) groups is 1. The van der Waals surface area contributed by atoms with E-state index in [-0.39, 0.29) is 23.3 Å². The maximum absolute atomic E-state index is 12.4. The maximum atomic E-state index is 12.4. The molecule has 3 aromatic carbocycles. The Balaban J connectivity index is 1.38. The third-order valence-corrected chi connectivity index (χ3v) is 5.92. The molecule has 1 unspecified atom stereocenters. The van der Waals surface area contributed by atoms with Gasteiger partial charge in [0.2, 0.25) is 5.91 Å². The van der Waals surface area contributed by atoms with E-state index in [9.17, 15) is 9.59 Å². The highest BCUT2D eigenvalue weighted by Gasteiger charge is 2.16. The normalized spacial score (nSPS) is 11.2. The van der Waals surface area contributed by atoms with Crippen molar-refractivity contribution in [2.24, 2.45) is 0 Å². The number of nitrogens with one attached hydrogen (secondary N) is 3. The van der Waals surface area contributed by atoms with Gasteiger partial charge in [-0.05, 0) is 80.2 Å². The van der Waals surface area contributed by atoms with Crippen molar-refractivity contribution < 1.29 is 19.1 Å². The number of benzene rings is 3. The van der Waals surface area contributed by atoms with Crippen LogP contribution < -0.4 is 25.4 Å². The van der Waals surface area contributed by atoms with Crippen molar-refractivity contribution in [2.75, 3.05) is 17.2 Å². The van der Waals surface area contributed by atoms with Crippen LogP contribution in [-0.2, 0) is 9.59 Å². The highest BCUT2D eigenvalue weighted by Crippen LogP contribution is 2.27. The molecule has 0 saturated carbocycles. The van der Waals surface area contributed by atoms with Crippen LogP contribution in [-0.4, -0.2) is 29.6 Å². The molecular formula is C26H24Cl3N3O4S. The van der Waals surface area contributed by atoms with Gasteiger partial charge in [0.1, 0.15) is 11.5 Å². The minimum atomic E-state index is -0.755. The molecule has 7 nitrogen and oxygen atoms in total. The monoisotopic (exact) mass is 579 g/mol. The quantitative estimate of drug-likeness (QED) is 0.182. The van der Waals surface area contributed by atoms with Crippen LogP contribution in [0.4, 0.5) is 11.4 Å². The van der Waals surface area contributed by atoms with E-state index in [1.54, 1.807) is 73.7 Å². The average Bonchev–Trinajstić information content (AvgIpc) is 2.85. The molecule has 3 rings (SSSR count). The first-order chi connectivity index (χ1) is 17.7. The molecule has 0 aromatic heterocycles. The average molecular weight is 581 g/mol. The summed E-state index contributed by atoms with van der Waals surface area (Å²) in [5, 5.41) is 9.84. The number of anilines is 2. The largest absolute Gasteiger partial charge is 0.492 e. The molecule has 0 radical (unpaired) electrons. The molecule has 0 aliphatic rings. The molecule has 3 N–H and O–H groups in total. The maximum Gasteiger partial charge on any atom is 0.265 e. The predicted octanol–water partition coefficient (Wildman–Crippen LogP) is 6.73. The van der Waals surface area contributed by atoms with Crippen LogP contribution in [0.2, 0.25) is 15.1 Å². The predicted molar refractivity (Wildman–Crippen MR) is 152 cm³/mol. The fourth-order valence-corrected chi connectivity index (χ4v) is 3.90. The Morgan fingerprint density at radius 1 is 0.892 bits per heavy atom. The standard InChI is InChI=1S/C26H24Cl3N3O4S/c1-16(36-23-6-3-2-5-20(23)28)25(34)30-18-9-11-19(12-10-18)31-26(37)32-24(33)7-4-14-35-22-13-8-17(27)15-21(22)29/h2-3,5-6,8-13,15-16H,4,7,14H2,1H3,(H,30,34)(H2,31,32,33,37). The summed E-state index contributed by atoms with van der Waals surface area (Å²) >= 11 is 23.2. The van der Waals surface area contributed by atoms with Crippen LogP contribution >= 0.6 is 47.0 Å². The second-order valence-electron chi connectivity index (χ2n) is 7.79. The summed E-state index contributed by atoms with van der Waals surface area (Å²) in [5.41, 5.74) is 1.21. The third-order valence-electron chi connectivity index (χ3n) is 4.87. The van der Waals surface area contributed by atoms with Crippen molar-refractivity contribution >= 4 is 75.3 Å². The van der Waals surface area contributed by atoms with Crippen LogP contribution in [0.3, 0.4) is 0 Å². The van der Waals surface area contributed by atoms with Crippen LogP contribution in [0.5, 0.6) is 11.5 Å². The summed E-state index contributed by atoms with van der Waals surface area (Å²) in [4.78, 5) is 24.6. The van der Waals surface area contributed by atoms with Crippen LogP contribution in [0, 0.1) is 0 Å². The molecule has 0 spiro atoms. The molecule has 0 heterocycles. The van der Waals surface area contributed by atoms with Crippen LogP contribution in [0.1, 0.15) is 19.8 Å². The molecule has 1 atom stereocenters. The summed E-state index contributed by atoms with van der Waals surface area (Å²) < 4.78 is 11.2. The summed E-state index contributed by atoms with van der Waals surface area (Å²) in [5.74, 6) is 0.358. The second-order valence-corrected chi connectivity index (χ2v) is 9.45. The minimum absolute atomic E-state index is 0.158. The van der Waals surface area contributed by atoms with Gasteiger partial charge >= 0.3 is 0 Å². The first-order valence-corrected chi connectivity index (χ1v) is 12.8. The lowest BCUT2D eigenvalue weighted by atomic mass is 10.2. The lowest BCUT2D eigenvalue weighted by Gasteiger charge is -2.16. The van der Waals surface area contributed by atoms with Crippen molar-refractivity contribution in [3.05, 3.63) is 81.8 Å². The molecule has 3 aromatic rings. The van der Waals surface area contributed by atoms with Gasteiger partial charge in [0, 0.05) is 22.8 Å². The number of rotatable bonds is 10. The summed E-state index contributed by atoms with van der Waals surface area (Å²) in [6.07, 6.45) is -0.0681. The van der Waals surface area contributed by atoms with E-state index in [1.807, 2.05) is 0 Å². The fourth-order valence-electron chi connectivity index (χ4n) is 3.02. The topological polar surface area (TPSA) is 88.7 Å². The summed E-state index contributed by atoms with van der Waals surface area (Å²) in [6, 6.07) is 18.7. The van der Waals surface area contributed by atoms with Crippen molar-refractivity contribution in [1.82, 2.24) is 5.32 Å². The van der Waals surface area contributed by atoms with Gasteiger partial charge in [0.25, 0.3) is 5.91 Å². The number of para-hydroxylation sites is 1. The van der Waals surface area contributed by atoms with Gasteiger partial charge in [-0.1, -0.05) is 46.9 Å². The molecule has 37 heavy (non-hydrogen) atoms. The molecule has 0 fully saturated rings. The lowest BCUT2D eigenvalue weighted by molar-refractivity contribution is -0.122. The van der Waals surface area contributed by atoms with E-state index in [4.69, 9.17) is 56.5 Å². The Kier molecular flexibility index (Phi) is 10.8. The van der Waals surface area contributed by atoms with Crippen LogP contribution in [0.15, 0.2) is 66.7 Å². The van der Waals surface area contributed by atoms with Gasteiger partial charge in [-0.15, -0.1) is 0 Å². The molecule has 0 bridgehead atoms. The molecule has 194 valence electrons. The van der Waals surface area contributed by atoms with Gasteiger partial charge in [-0.3, -0.25) is 9.59 Å². The molecule has 2 amide bonds. The van der Waals surface area contributed by atoms with Crippen molar-refractivity contribution in [3.8, 4) is 11.5 Å². The zero-order valence-corrected chi connectivity index (χ0v) is 22.8. The van der Waals surface area contributed by atoms with E-state index in [2.05, 4.69) is 16.0 Å². The fraction of sp³-hybridized carbons (Fsp3) is 0.192. The molecule has 0 aliphatic carbocycles. The Hall–Kier alpha value is -3.04. The molecule has 0 aliphatic heterocycles. The first kappa shape index (κ1) is 28.5. The Bertz CT molecular complexity index is 1260. The minimum Gasteiger partial charge on any atom is -0.492 e. The summed E-state index contributed by atoms with van der Waals surface area (Å²) in [6.45, 7) is 1.94.